The Morgan fingerprint density at radius 2 is 2.15 bits per heavy atom. The lowest BCUT2D eigenvalue weighted by atomic mass is 9.89. The Labute approximate surface area is 199 Å². The third kappa shape index (κ3) is 4.22. The molecule has 1 atom stereocenters. The highest BCUT2D eigenvalue weighted by Gasteiger charge is 2.24. The number of benzene rings is 1. The van der Waals surface area contributed by atoms with Crippen LogP contribution in [0.1, 0.15) is 29.7 Å². The number of aryl methyl sites for hydroxylation is 1. The van der Waals surface area contributed by atoms with Crippen LogP contribution in [-0.4, -0.2) is 26.9 Å². The fraction of sp³-hybridized carbons (Fsp3) is 0.333. The zero-order chi connectivity index (χ0) is 22.9. The number of fused-ring (bicyclic) bond motifs is 3. The van der Waals surface area contributed by atoms with Crippen molar-refractivity contribution in [1.29, 1.82) is 0 Å². The molecule has 0 N–H and O–H groups in total. The minimum atomic E-state index is 0.0129. The number of methoxy groups -OCH3 is 1. The first-order valence-corrected chi connectivity index (χ1v) is 12.6. The van der Waals surface area contributed by atoms with Crippen LogP contribution in [0.25, 0.3) is 21.7 Å². The Bertz CT molecular complexity index is 1370. The highest BCUT2D eigenvalue weighted by molar-refractivity contribution is 7.98. The summed E-state index contributed by atoms with van der Waals surface area (Å²) in [4.78, 5) is 20.4. The average molecular weight is 481 g/mol. The summed E-state index contributed by atoms with van der Waals surface area (Å²) < 4.78 is 12.7. The van der Waals surface area contributed by atoms with E-state index < -0.39 is 0 Å². The lowest BCUT2D eigenvalue weighted by molar-refractivity contribution is 0.415. The Balaban J connectivity index is 1.43. The molecule has 3 heterocycles. The summed E-state index contributed by atoms with van der Waals surface area (Å²) in [6.07, 6.45) is 4.82. The monoisotopic (exact) mass is 480 g/mol. The van der Waals surface area contributed by atoms with Crippen molar-refractivity contribution in [2.75, 3.05) is 7.11 Å². The van der Waals surface area contributed by atoms with Gasteiger partial charge in [-0.25, -0.2) is 4.98 Å². The lowest BCUT2D eigenvalue weighted by Crippen LogP contribution is -2.23. The Hall–Kier alpha value is -2.91. The second-order valence-corrected chi connectivity index (χ2v) is 10.2. The Morgan fingerprint density at radius 3 is 2.91 bits per heavy atom. The number of thioether (sulfide) groups is 1. The van der Waals surface area contributed by atoms with Crippen molar-refractivity contribution in [2.24, 2.45) is 5.92 Å². The topological polar surface area (TPSA) is 83.0 Å². The Kier molecular flexibility index (Phi) is 6.07. The predicted molar refractivity (Wildman–Crippen MR) is 131 cm³/mol. The molecule has 33 heavy (non-hydrogen) atoms. The molecule has 170 valence electrons. The maximum absolute atomic E-state index is 13.4. The number of hydrogen-bond donors (Lipinski definition) is 0. The van der Waals surface area contributed by atoms with Crippen LogP contribution in [0.15, 0.2) is 51.3 Å². The van der Waals surface area contributed by atoms with E-state index in [0.717, 1.165) is 40.8 Å². The number of aromatic nitrogens is 4. The van der Waals surface area contributed by atoms with Crippen LogP contribution in [0.2, 0.25) is 0 Å². The van der Waals surface area contributed by atoms with Crippen molar-refractivity contribution in [3.8, 4) is 17.2 Å². The Morgan fingerprint density at radius 1 is 1.33 bits per heavy atom. The van der Waals surface area contributed by atoms with Crippen molar-refractivity contribution < 1.29 is 9.15 Å². The summed E-state index contributed by atoms with van der Waals surface area (Å²) in [5.41, 5.74) is 2.03. The van der Waals surface area contributed by atoms with E-state index in [1.54, 1.807) is 29.1 Å². The van der Waals surface area contributed by atoms with Crippen molar-refractivity contribution in [1.82, 2.24) is 19.7 Å². The number of hydrogen-bond acceptors (Lipinski definition) is 8. The van der Waals surface area contributed by atoms with E-state index >= 15 is 0 Å². The third-order valence-electron chi connectivity index (χ3n) is 5.82. The minimum absolute atomic E-state index is 0.0129. The van der Waals surface area contributed by atoms with E-state index in [-0.39, 0.29) is 5.56 Å². The molecular weight excluding hydrogens is 456 g/mol. The molecule has 0 bridgehead atoms. The van der Waals surface area contributed by atoms with Crippen molar-refractivity contribution >= 4 is 33.3 Å². The summed E-state index contributed by atoms with van der Waals surface area (Å²) in [6, 6.07) is 7.45. The van der Waals surface area contributed by atoms with Gasteiger partial charge in [0, 0.05) is 17.0 Å². The highest BCUT2D eigenvalue weighted by atomic mass is 32.2. The van der Waals surface area contributed by atoms with Crippen LogP contribution < -0.4 is 10.3 Å². The quantitative estimate of drug-likeness (QED) is 0.206. The fourth-order valence-electron chi connectivity index (χ4n) is 4.09. The molecular formula is C24H24N4O3S2. The van der Waals surface area contributed by atoms with Crippen molar-refractivity contribution in [2.45, 2.75) is 43.6 Å². The summed E-state index contributed by atoms with van der Waals surface area (Å²) in [5.74, 6) is 2.75. The smallest absolute Gasteiger partial charge is 0.263 e. The summed E-state index contributed by atoms with van der Waals surface area (Å²) in [6.45, 7) is 6.50. The van der Waals surface area contributed by atoms with Gasteiger partial charge < -0.3 is 9.15 Å². The highest BCUT2D eigenvalue weighted by Crippen LogP contribution is 2.37. The van der Waals surface area contributed by atoms with Gasteiger partial charge in [-0.2, -0.15) is 0 Å². The first-order chi connectivity index (χ1) is 16.1. The molecule has 3 aromatic heterocycles. The van der Waals surface area contributed by atoms with Gasteiger partial charge in [-0.3, -0.25) is 9.36 Å². The largest absolute Gasteiger partial charge is 0.497 e. The number of rotatable bonds is 7. The molecule has 1 aromatic carbocycles. The van der Waals surface area contributed by atoms with Crippen LogP contribution in [-0.2, 0) is 25.1 Å². The second kappa shape index (κ2) is 9.15. The first kappa shape index (κ1) is 21.9. The SMILES string of the molecule is C=CCn1c(SCc2nnc(-c3ccc(OC)cc3)o2)nc2sc3c(c2c1=O)CCC(C)C3. The van der Waals surface area contributed by atoms with E-state index in [9.17, 15) is 4.79 Å². The van der Waals surface area contributed by atoms with E-state index in [0.29, 0.717) is 35.2 Å². The maximum Gasteiger partial charge on any atom is 0.263 e. The average Bonchev–Trinajstić information content (AvgIpc) is 3.44. The molecule has 0 saturated carbocycles. The lowest BCUT2D eigenvalue weighted by Gasteiger charge is -2.17. The van der Waals surface area contributed by atoms with Gasteiger partial charge in [-0.1, -0.05) is 24.8 Å². The molecule has 1 aliphatic rings. The van der Waals surface area contributed by atoms with Crippen LogP contribution >= 0.6 is 23.1 Å². The van der Waals surface area contributed by atoms with E-state index in [4.69, 9.17) is 14.1 Å². The zero-order valence-electron chi connectivity index (χ0n) is 18.5. The standard InChI is InChI=1S/C24H24N4O3S2/c1-4-11-28-23(29)20-17-10-5-14(2)12-18(17)33-22(20)25-24(28)32-13-19-26-27-21(31-19)15-6-8-16(30-3)9-7-15/h4,6-9,14H,1,5,10-13H2,2-3H3. The number of allylic oxidation sites excluding steroid dienone is 1. The summed E-state index contributed by atoms with van der Waals surface area (Å²) >= 11 is 3.08. The summed E-state index contributed by atoms with van der Waals surface area (Å²) in [7, 11) is 1.63. The van der Waals surface area contributed by atoms with Gasteiger partial charge >= 0.3 is 0 Å². The van der Waals surface area contributed by atoms with E-state index in [1.807, 2.05) is 24.3 Å². The van der Waals surface area contributed by atoms with Gasteiger partial charge in [0.1, 0.15) is 10.6 Å². The molecule has 0 radical (unpaired) electrons. The van der Waals surface area contributed by atoms with Crippen LogP contribution in [0.3, 0.4) is 0 Å². The molecule has 0 spiro atoms. The van der Waals surface area contributed by atoms with Gasteiger partial charge in [-0.15, -0.1) is 28.1 Å². The molecule has 0 saturated heterocycles. The second-order valence-electron chi connectivity index (χ2n) is 8.15. The van der Waals surface area contributed by atoms with E-state index in [2.05, 4.69) is 23.7 Å². The fourth-order valence-corrected chi connectivity index (χ4v) is 6.36. The van der Waals surface area contributed by atoms with Crippen LogP contribution in [0.5, 0.6) is 5.75 Å². The third-order valence-corrected chi connectivity index (χ3v) is 7.93. The number of ether oxygens (including phenoxy) is 1. The zero-order valence-corrected chi connectivity index (χ0v) is 20.2. The molecule has 4 aromatic rings. The molecule has 7 nitrogen and oxygen atoms in total. The number of thiophene rings is 1. The van der Waals surface area contributed by atoms with Gasteiger partial charge in [0.05, 0.1) is 18.2 Å². The van der Waals surface area contributed by atoms with Gasteiger partial charge in [0.15, 0.2) is 5.16 Å². The molecule has 1 aliphatic carbocycles. The molecule has 1 unspecified atom stereocenters. The van der Waals surface area contributed by atoms with E-state index in [1.165, 1.54) is 22.2 Å². The first-order valence-electron chi connectivity index (χ1n) is 10.8. The van der Waals surface area contributed by atoms with Gasteiger partial charge in [0.25, 0.3) is 5.56 Å². The van der Waals surface area contributed by atoms with Crippen molar-refractivity contribution in [3.63, 3.8) is 0 Å². The predicted octanol–water partition coefficient (Wildman–Crippen LogP) is 5.12. The summed E-state index contributed by atoms with van der Waals surface area (Å²) in [5, 5.41) is 9.75. The van der Waals surface area contributed by atoms with Crippen molar-refractivity contribution in [3.05, 3.63) is 63.6 Å². The van der Waals surface area contributed by atoms with Crippen LogP contribution in [0, 0.1) is 5.92 Å². The normalized spacial score (nSPS) is 15.5. The van der Waals surface area contributed by atoms with Crippen LogP contribution in [0.4, 0.5) is 0 Å². The molecule has 0 fully saturated rings. The molecule has 0 aliphatic heterocycles. The molecule has 9 heteroatoms. The van der Waals surface area contributed by atoms with Gasteiger partial charge in [0.2, 0.25) is 11.8 Å². The minimum Gasteiger partial charge on any atom is -0.497 e. The number of nitrogens with zero attached hydrogens (tertiary/aromatic N) is 4. The molecule has 0 amide bonds. The molecule has 5 rings (SSSR count). The maximum atomic E-state index is 13.4. The van der Waals surface area contributed by atoms with Gasteiger partial charge in [-0.05, 0) is 55.0 Å².